The van der Waals surface area contributed by atoms with Crippen molar-refractivity contribution in [3.63, 3.8) is 0 Å². The summed E-state index contributed by atoms with van der Waals surface area (Å²) >= 11 is 3.50. The van der Waals surface area contributed by atoms with Crippen LogP contribution in [0.1, 0.15) is 66.7 Å². The van der Waals surface area contributed by atoms with Crippen molar-refractivity contribution in [2.75, 3.05) is 31.5 Å². The molecule has 0 spiro atoms. The van der Waals surface area contributed by atoms with Crippen LogP contribution in [0.25, 0.3) is 0 Å². The van der Waals surface area contributed by atoms with Crippen molar-refractivity contribution in [2.45, 2.75) is 85.4 Å². The molecule has 1 aliphatic carbocycles. The smallest absolute Gasteiger partial charge is 0.283 e. The van der Waals surface area contributed by atoms with Crippen LogP contribution < -0.4 is 10.9 Å². The van der Waals surface area contributed by atoms with E-state index in [-0.39, 0.29) is 24.1 Å². The van der Waals surface area contributed by atoms with E-state index in [0.717, 1.165) is 38.0 Å². The predicted octanol–water partition coefficient (Wildman–Crippen LogP) is 4.21. The third-order valence-electron chi connectivity index (χ3n) is 9.56. The van der Waals surface area contributed by atoms with E-state index in [1.54, 1.807) is 6.20 Å². The van der Waals surface area contributed by atoms with Crippen LogP contribution in [-0.2, 0) is 11.3 Å². The van der Waals surface area contributed by atoms with Crippen LogP contribution in [0.5, 0.6) is 0 Å². The number of hydrogen-bond donors (Lipinski definition) is 1. The predicted molar refractivity (Wildman–Crippen MR) is 140 cm³/mol. The summed E-state index contributed by atoms with van der Waals surface area (Å²) in [7, 11) is 0. The highest BCUT2D eigenvalue weighted by Gasteiger charge is 2.43. The zero-order valence-corrected chi connectivity index (χ0v) is 23.1. The number of carbonyl (C=O) groups excluding carboxylic acids is 1. The fourth-order valence-electron chi connectivity index (χ4n) is 6.26. The van der Waals surface area contributed by atoms with Gasteiger partial charge in [-0.15, -0.1) is 0 Å². The van der Waals surface area contributed by atoms with Gasteiger partial charge >= 0.3 is 0 Å². The molecule has 4 rings (SSSR count). The van der Waals surface area contributed by atoms with Gasteiger partial charge in [-0.2, -0.15) is 5.10 Å². The Bertz CT molecular complexity index is 934. The maximum Gasteiger partial charge on any atom is 0.283 e. The van der Waals surface area contributed by atoms with Crippen LogP contribution >= 0.6 is 15.9 Å². The van der Waals surface area contributed by atoms with Crippen molar-refractivity contribution in [1.29, 1.82) is 0 Å². The Hall–Kier alpha value is -1.41. The molecule has 1 aromatic rings. The maximum atomic E-state index is 13.0. The Balaban J connectivity index is 1.37. The Morgan fingerprint density at radius 1 is 1.15 bits per heavy atom. The zero-order valence-electron chi connectivity index (χ0n) is 21.5. The molecule has 1 N–H and O–H groups in total. The second-order valence-electron chi connectivity index (χ2n) is 11.5. The van der Waals surface area contributed by atoms with Crippen molar-refractivity contribution in [3.05, 3.63) is 21.0 Å². The third-order valence-corrected chi connectivity index (χ3v) is 10.3. The number of hydrogen-bond acceptors (Lipinski definition) is 5. The largest absolute Gasteiger partial charge is 0.380 e. The summed E-state index contributed by atoms with van der Waals surface area (Å²) in [6.07, 6.45) is 7.38. The molecule has 0 unspecified atom stereocenters. The molecule has 34 heavy (non-hydrogen) atoms. The number of halogens is 1. The summed E-state index contributed by atoms with van der Waals surface area (Å²) in [5, 5.41) is 7.96. The number of amides is 1. The number of anilines is 1. The molecule has 2 saturated heterocycles. The molecule has 3 aliphatic rings. The highest BCUT2D eigenvalue weighted by Crippen LogP contribution is 2.48. The second-order valence-corrected chi connectivity index (χ2v) is 12.3. The third kappa shape index (κ3) is 5.08. The van der Waals surface area contributed by atoms with Gasteiger partial charge in [0.1, 0.15) is 11.0 Å². The fourth-order valence-corrected chi connectivity index (χ4v) is 6.68. The van der Waals surface area contributed by atoms with Gasteiger partial charge in [-0.25, -0.2) is 4.68 Å². The molecule has 0 aromatic carbocycles. The molecule has 8 heteroatoms. The Morgan fingerprint density at radius 3 is 2.44 bits per heavy atom. The van der Waals surface area contributed by atoms with Crippen molar-refractivity contribution in [1.82, 2.24) is 19.6 Å². The molecule has 2 aliphatic heterocycles. The lowest BCUT2D eigenvalue weighted by Gasteiger charge is -2.50. The maximum absolute atomic E-state index is 13.0. The molecule has 1 aromatic heterocycles. The van der Waals surface area contributed by atoms with Crippen LogP contribution in [0.3, 0.4) is 0 Å². The van der Waals surface area contributed by atoms with Gasteiger partial charge in [0.2, 0.25) is 5.91 Å². The summed E-state index contributed by atoms with van der Waals surface area (Å²) in [4.78, 5) is 30.4. The van der Waals surface area contributed by atoms with E-state index >= 15 is 0 Å². The molecule has 1 saturated carbocycles. The Labute approximate surface area is 212 Å². The minimum atomic E-state index is -0.254. The number of aromatic nitrogens is 2. The van der Waals surface area contributed by atoms with E-state index in [4.69, 9.17) is 0 Å². The van der Waals surface area contributed by atoms with E-state index in [0.29, 0.717) is 33.7 Å². The van der Waals surface area contributed by atoms with Gasteiger partial charge in [-0.1, -0.05) is 34.6 Å². The van der Waals surface area contributed by atoms with Crippen LogP contribution in [-0.4, -0.2) is 63.8 Å². The average Bonchev–Trinajstić information content (AvgIpc) is 3.36. The molecule has 190 valence electrons. The second kappa shape index (κ2) is 10.3. The molecular formula is C26H42BrN5O2. The first-order valence-electron chi connectivity index (χ1n) is 13.1. The number of rotatable bonds is 5. The average molecular weight is 537 g/mol. The molecule has 4 atom stereocenters. The fraction of sp³-hybridized carbons (Fsp3) is 0.808. The zero-order chi connectivity index (χ0) is 24.6. The lowest BCUT2D eigenvalue weighted by atomic mass is 9.58. The standard InChI is InChI=1S/C26H42BrN5O2/c1-17-14-21(18(2)19(3)26(17,4)5)29-22-15-28-32(25(34)24(22)27)16-23(33)31-12-8-20(9-13-31)30-10-6-7-11-30/h15,17-21,29H,6-14,16H2,1-5H3/t17-,18+,19+,21+/m0/s1. The van der Waals surface area contributed by atoms with Crippen molar-refractivity contribution in [3.8, 4) is 0 Å². The van der Waals surface area contributed by atoms with Gasteiger partial charge < -0.3 is 15.1 Å². The molecule has 3 heterocycles. The number of piperidine rings is 1. The van der Waals surface area contributed by atoms with Crippen molar-refractivity contribution < 1.29 is 4.79 Å². The van der Waals surface area contributed by atoms with Gasteiger partial charge in [-0.3, -0.25) is 9.59 Å². The summed E-state index contributed by atoms with van der Waals surface area (Å²) in [5.74, 6) is 1.60. The van der Waals surface area contributed by atoms with Crippen molar-refractivity contribution >= 4 is 27.5 Å². The molecular weight excluding hydrogens is 494 g/mol. The molecule has 7 nitrogen and oxygen atoms in total. The highest BCUT2D eigenvalue weighted by molar-refractivity contribution is 9.10. The minimum Gasteiger partial charge on any atom is -0.380 e. The Morgan fingerprint density at radius 2 is 1.79 bits per heavy atom. The van der Waals surface area contributed by atoms with E-state index < -0.39 is 0 Å². The van der Waals surface area contributed by atoms with E-state index in [9.17, 15) is 9.59 Å². The molecule has 0 radical (unpaired) electrons. The van der Waals surface area contributed by atoms with E-state index in [1.165, 1.54) is 30.6 Å². The molecule has 0 bridgehead atoms. The normalized spacial score (nSPS) is 30.5. The number of nitrogens with one attached hydrogen (secondary N) is 1. The minimum absolute atomic E-state index is 0.00577. The number of nitrogens with zero attached hydrogens (tertiary/aromatic N) is 4. The van der Waals surface area contributed by atoms with E-state index in [1.807, 2.05) is 4.90 Å². The van der Waals surface area contributed by atoms with Gasteiger partial charge in [0.25, 0.3) is 5.56 Å². The SMILES string of the molecule is C[C@@H]1[C@@H](C)C(C)(C)[C@@H](C)C[C@H]1Nc1cnn(CC(=O)N2CCC(N3CCCC3)CC2)c(=O)c1Br. The highest BCUT2D eigenvalue weighted by atomic mass is 79.9. The van der Waals surface area contributed by atoms with Gasteiger partial charge in [-0.05, 0) is 84.3 Å². The number of likely N-dealkylation sites (tertiary alicyclic amines) is 2. The molecule has 1 amide bonds. The lowest BCUT2D eigenvalue weighted by Crippen LogP contribution is -2.48. The van der Waals surface area contributed by atoms with Crippen molar-refractivity contribution in [2.24, 2.45) is 23.2 Å². The summed E-state index contributed by atoms with van der Waals surface area (Å²) in [6, 6.07) is 0.884. The van der Waals surface area contributed by atoms with Crippen LogP contribution in [0.4, 0.5) is 5.69 Å². The lowest BCUT2D eigenvalue weighted by molar-refractivity contribution is -0.133. The molecule has 3 fully saturated rings. The first kappa shape index (κ1) is 25.7. The topological polar surface area (TPSA) is 70.5 Å². The van der Waals surface area contributed by atoms with Gasteiger partial charge in [0.05, 0.1) is 11.9 Å². The monoisotopic (exact) mass is 535 g/mol. The Kier molecular flexibility index (Phi) is 7.77. The summed E-state index contributed by atoms with van der Waals surface area (Å²) < 4.78 is 1.75. The summed E-state index contributed by atoms with van der Waals surface area (Å²) in [5.41, 5.74) is 0.756. The number of carbonyl (C=O) groups is 1. The first-order chi connectivity index (χ1) is 16.1. The quantitative estimate of drug-likeness (QED) is 0.611. The van der Waals surface area contributed by atoms with Crippen LogP contribution in [0.15, 0.2) is 15.5 Å². The summed E-state index contributed by atoms with van der Waals surface area (Å²) in [6.45, 7) is 15.6. The van der Waals surface area contributed by atoms with Gasteiger partial charge in [0.15, 0.2) is 0 Å². The first-order valence-corrected chi connectivity index (χ1v) is 13.9. The van der Waals surface area contributed by atoms with Gasteiger partial charge in [0, 0.05) is 25.2 Å². The van der Waals surface area contributed by atoms with Crippen LogP contribution in [0.2, 0.25) is 0 Å². The van der Waals surface area contributed by atoms with E-state index in [2.05, 4.69) is 65.9 Å². The van der Waals surface area contributed by atoms with Crippen LogP contribution in [0, 0.1) is 23.2 Å².